The maximum atomic E-state index is 6.03. The first kappa shape index (κ1) is 18.5. The number of nitrogens with zero attached hydrogens (tertiary/aromatic N) is 5. The highest BCUT2D eigenvalue weighted by molar-refractivity contribution is 5.66. The summed E-state index contributed by atoms with van der Waals surface area (Å²) in [6.45, 7) is 3.30. The fourth-order valence-corrected chi connectivity index (χ4v) is 3.49. The molecule has 4 rings (SSSR count). The largest absolute Gasteiger partial charge is 0.383 e. The molecule has 0 aliphatic carbocycles. The molecular formula is C20H24N6O2. The Labute approximate surface area is 163 Å². The molecule has 0 radical (unpaired) electrons. The van der Waals surface area contributed by atoms with Crippen LogP contribution in [-0.2, 0) is 17.9 Å². The van der Waals surface area contributed by atoms with Gasteiger partial charge in [0, 0.05) is 25.8 Å². The van der Waals surface area contributed by atoms with E-state index in [0.29, 0.717) is 35.5 Å². The van der Waals surface area contributed by atoms with Gasteiger partial charge in [-0.3, -0.25) is 4.90 Å². The van der Waals surface area contributed by atoms with E-state index in [0.717, 1.165) is 32.5 Å². The van der Waals surface area contributed by atoms with Crippen LogP contribution >= 0.6 is 0 Å². The normalized spacial score (nSPS) is 15.8. The van der Waals surface area contributed by atoms with Crippen molar-refractivity contribution in [3.8, 4) is 11.4 Å². The first-order valence-corrected chi connectivity index (χ1v) is 9.43. The van der Waals surface area contributed by atoms with Crippen molar-refractivity contribution in [1.29, 1.82) is 0 Å². The number of likely N-dealkylation sites (tertiary alicyclic amines) is 1. The summed E-state index contributed by atoms with van der Waals surface area (Å²) >= 11 is 0. The van der Waals surface area contributed by atoms with Crippen LogP contribution < -0.4 is 5.73 Å². The summed E-state index contributed by atoms with van der Waals surface area (Å²) in [5, 5.41) is 4.09. The van der Waals surface area contributed by atoms with Crippen molar-refractivity contribution in [3.05, 3.63) is 53.8 Å². The summed E-state index contributed by atoms with van der Waals surface area (Å²) in [5.74, 6) is 2.21. The lowest BCUT2D eigenvalue weighted by Crippen LogP contribution is -2.32. The molecule has 0 amide bonds. The van der Waals surface area contributed by atoms with E-state index in [9.17, 15) is 0 Å². The van der Waals surface area contributed by atoms with E-state index < -0.39 is 0 Å². The quantitative estimate of drug-likeness (QED) is 0.696. The molecule has 0 bridgehead atoms. The molecule has 0 spiro atoms. The number of hydrogen-bond acceptors (Lipinski definition) is 8. The third kappa shape index (κ3) is 4.18. The minimum atomic E-state index is 0.267. The Morgan fingerprint density at radius 3 is 2.68 bits per heavy atom. The van der Waals surface area contributed by atoms with Crippen molar-refractivity contribution < 1.29 is 9.26 Å². The van der Waals surface area contributed by atoms with Crippen LogP contribution in [-0.4, -0.2) is 45.2 Å². The third-order valence-corrected chi connectivity index (χ3v) is 5.01. The molecule has 8 heteroatoms. The van der Waals surface area contributed by atoms with Crippen molar-refractivity contribution in [1.82, 2.24) is 25.0 Å². The highest BCUT2D eigenvalue weighted by Gasteiger charge is 2.26. The Morgan fingerprint density at radius 2 is 1.96 bits per heavy atom. The van der Waals surface area contributed by atoms with Crippen LogP contribution in [0.3, 0.4) is 0 Å². The Balaban J connectivity index is 1.39. The fourth-order valence-electron chi connectivity index (χ4n) is 3.49. The smallest absolute Gasteiger partial charge is 0.230 e. The maximum absolute atomic E-state index is 6.03. The molecule has 0 saturated carbocycles. The predicted molar refractivity (Wildman–Crippen MR) is 104 cm³/mol. The van der Waals surface area contributed by atoms with Gasteiger partial charge in [0.2, 0.25) is 11.7 Å². The van der Waals surface area contributed by atoms with Gasteiger partial charge in [-0.05, 0) is 31.5 Å². The standard InChI is InChI=1S/C20H24N6O2/c1-27-13-17-22-11-16(18(21)23-17)19-24-20(28-25-19)15-7-9-26(10-8-15)12-14-5-3-2-4-6-14/h2-6,11,15H,7-10,12-13H2,1H3,(H2,21,22,23). The summed E-state index contributed by atoms with van der Waals surface area (Å²) in [6.07, 6.45) is 3.61. The number of rotatable bonds is 6. The second kappa shape index (κ2) is 8.45. The molecular weight excluding hydrogens is 356 g/mol. The zero-order valence-electron chi connectivity index (χ0n) is 15.9. The van der Waals surface area contributed by atoms with Gasteiger partial charge >= 0.3 is 0 Å². The lowest BCUT2D eigenvalue weighted by Gasteiger charge is -2.30. The van der Waals surface area contributed by atoms with Crippen LogP contribution in [0.5, 0.6) is 0 Å². The molecule has 2 N–H and O–H groups in total. The number of anilines is 1. The van der Waals surface area contributed by atoms with Crippen LogP contribution in [0, 0.1) is 0 Å². The van der Waals surface area contributed by atoms with Gasteiger partial charge in [0.1, 0.15) is 12.4 Å². The number of nitrogens with two attached hydrogens (primary N) is 1. The number of ether oxygens (including phenoxy) is 1. The zero-order valence-corrected chi connectivity index (χ0v) is 15.9. The highest BCUT2D eigenvalue weighted by atomic mass is 16.5. The molecule has 28 heavy (non-hydrogen) atoms. The molecule has 3 aromatic rings. The van der Waals surface area contributed by atoms with Gasteiger partial charge in [-0.15, -0.1) is 0 Å². The van der Waals surface area contributed by atoms with Crippen LogP contribution in [0.4, 0.5) is 5.82 Å². The average Bonchev–Trinajstić information content (AvgIpc) is 3.20. The summed E-state index contributed by atoms with van der Waals surface area (Å²) in [7, 11) is 1.59. The highest BCUT2D eigenvalue weighted by Crippen LogP contribution is 2.30. The Morgan fingerprint density at radius 1 is 1.18 bits per heavy atom. The molecule has 3 heterocycles. The predicted octanol–water partition coefficient (Wildman–Crippen LogP) is 2.63. The summed E-state index contributed by atoms with van der Waals surface area (Å²) < 4.78 is 10.6. The minimum absolute atomic E-state index is 0.267. The maximum Gasteiger partial charge on any atom is 0.230 e. The minimum Gasteiger partial charge on any atom is -0.383 e. The molecule has 1 fully saturated rings. The van der Waals surface area contributed by atoms with Crippen LogP contribution in [0.15, 0.2) is 41.1 Å². The Kier molecular flexibility index (Phi) is 5.59. The Bertz CT molecular complexity index is 906. The third-order valence-electron chi connectivity index (χ3n) is 5.01. The van der Waals surface area contributed by atoms with Crippen molar-refractivity contribution in [3.63, 3.8) is 0 Å². The van der Waals surface area contributed by atoms with Gasteiger partial charge in [-0.25, -0.2) is 9.97 Å². The van der Waals surface area contributed by atoms with Gasteiger partial charge in [0.15, 0.2) is 5.82 Å². The van der Waals surface area contributed by atoms with E-state index in [4.69, 9.17) is 15.0 Å². The van der Waals surface area contributed by atoms with Crippen molar-refractivity contribution >= 4 is 5.82 Å². The van der Waals surface area contributed by atoms with E-state index >= 15 is 0 Å². The molecule has 1 saturated heterocycles. The Hall–Kier alpha value is -2.84. The molecule has 8 nitrogen and oxygen atoms in total. The van der Waals surface area contributed by atoms with Crippen LogP contribution in [0.1, 0.15) is 36.0 Å². The van der Waals surface area contributed by atoms with E-state index in [1.54, 1.807) is 13.3 Å². The van der Waals surface area contributed by atoms with Gasteiger partial charge < -0.3 is 15.0 Å². The fraction of sp³-hybridized carbons (Fsp3) is 0.400. The van der Waals surface area contributed by atoms with Crippen molar-refractivity contribution in [2.75, 3.05) is 25.9 Å². The van der Waals surface area contributed by atoms with E-state index in [1.807, 2.05) is 6.07 Å². The summed E-state index contributed by atoms with van der Waals surface area (Å²) in [6, 6.07) is 10.5. The lowest BCUT2D eigenvalue weighted by atomic mass is 9.96. The summed E-state index contributed by atoms with van der Waals surface area (Å²) in [4.78, 5) is 15.5. The molecule has 1 aromatic carbocycles. The lowest BCUT2D eigenvalue weighted by molar-refractivity contribution is 0.178. The molecule has 0 atom stereocenters. The van der Waals surface area contributed by atoms with E-state index in [1.165, 1.54) is 5.56 Å². The first-order chi connectivity index (χ1) is 13.7. The van der Waals surface area contributed by atoms with Crippen molar-refractivity contribution in [2.45, 2.75) is 31.9 Å². The average molecular weight is 380 g/mol. The van der Waals surface area contributed by atoms with Crippen molar-refractivity contribution in [2.24, 2.45) is 0 Å². The van der Waals surface area contributed by atoms with Gasteiger partial charge in [-0.2, -0.15) is 4.98 Å². The number of benzene rings is 1. The molecule has 1 aliphatic heterocycles. The van der Waals surface area contributed by atoms with Gasteiger partial charge in [0.05, 0.1) is 5.56 Å². The topological polar surface area (TPSA) is 103 Å². The van der Waals surface area contributed by atoms with Crippen LogP contribution in [0.25, 0.3) is 11.4 Å². The van der Waals surface area contributed by atoms with Crippen LogP contribution in [0.2, 0.25) is 0 Å². The summed E-state index contributed by atoms with van der Waals surface area (Å²) in [5.41, 5.74) is 7.95. The first-order valence-electron chi connectivity index (χ1n) is 9.43. The molecule has 0 unspecified atom stereocenters. The SMILES string of the molecule is COCc1ncc(-c2noc(C3CCN(Cc4ccccc4)CC3)n2)c(N)n1. The van der Waals surface area contributed by atoms with Gasteiger partial charge in [0.25, 0.3) is 0 Å². The second-order valence-electron chi connectivity index (χ2n) is 7.01. The molecule has 2 aromatic heterocycles. The van der Waals surface area contributed by atoms with E-state index in [-0.39, 0.29) is 5.92 Å². The number of hydrogen-bond donors (Lipinski definition) is 1. The van der Waals surface area contributed by atoms with E-state index in [2.05, 4.69) is 49.3 Å². The zero-order chi connectivity index (χ0) is 19.3. The number of piperidine rings is 1. The monoisotopic (exact) mass is 380 g/mol. The second-order valence-corrected chi connectivity index (χ2v) is 7.01. The molecule has 146 valence electrons. The number of aromatic nitrogens is 4. The van der Waals surface area contributed by atoms with Gasteiger partial charge in [-0.1, -0.05) is 35.5 Å². The number of nitrogen functional groups attached to an aromatic ring is 1. The molecule has 1 aliphatic rings. The number of methoxy groups -OCH3 is 1.